The number of fused-ring (bicyclic) bond motifs is 2. The molecule has 0 bridgehead atoms. The molecule has 8 nitrogen and oxygen atoms in total. The number of hydrogen-bond donors (Lipinski definition) is 3. The van der Waals surface area contributed by atoms with Gasteiger partial charge in [-0.05, 0) is 57.0 Å². The van der Waals surface area contributed by atoms with Crippen molar-refractivity contribution in [3.05, 3.63) is 83.3 Å². The monoisotopic (exact) mass is 546 g/mol. The van der Waals surface area contributed by atoms with Crippen LogP contribution < -0.4 is 5.32 Å². The molecule has 0 saturated heterocycles. The average Bonchev–Trinajstić information content (AvgIpc) is 2.71. The normalized spacial score (nSPS) is 12.4. The van der Waals surface area contributed by atoms with Gasteiger partial charge in [0.1, 0.15) is 17.1 Å². The van der Waals surface area contributed by atoms with Crippen molar-refractivity contribution >= 4 is 60.5 Å². The third-order valence-corrected chi connectivity index (χ3v) is 6.13. The summed E-state index contributed by atoms with van der Waals surface area (Å²) in [5.74, 6) is -2.89. The molecule has 0 radical (unpaired) electrons. The van der Waals surface area contributed by atoms with Gasteiger partial charge in [0.25, 0.3) is 5.69 Å². The molecule has 0 atom stereocenters. The summed E-state index contributed by atoms with van der Waals surface area (Å²) in [5.41, 5.74) is -0.490. The van der Waals surface area contributed by atoms with Gasteiger partial charge in [-0.15, -0.1) is 0 Å². The number of anilines is 2. The van der Waals surface area contributed by atoms with Gasteiger partial charge >= 0.3 is 0 Å². The Balaban J connectivity index is 2.02. The van der Waals surface area contributed by atoms with E-state index in [2.05, 4.69) is 37.2 Å². The van der Waals surface area contributed by atoms with Gasteiger partial charge in [0.05, 0.1) is 36.2 Å². The van der Waals surface area contributed by atoms with Crippen molar-refractivity contribution < 1.29 is 24.7 Å². The second kappa shape index (κ2) is 7.47. The number of ketones is 2. The Hall–Kier alpha value is -3.24. The zero-order valence-corrected chi connectivity index (χ0v) is 18.9. The van der Waals surface area contributed by atoms with Crippen molar-refractivity contribution in [3.63, 3.8) is 0 Å². The van der Waals surface area contributed by atoms with Crippen molar-refractivity contribution in [1.82, 2.24) is 0 Å². The van der Waals surface area contributed by atoms with E-state index in [1.54, 1.807) is 12.1 Å². The molecule has 3 aromatic rings. The fourth-order valence-electron chi connectivity index (χ4n) is 3.46. The molecule has 156 valence electrons. The van der Waals surface area contributed by atoms with Gasteiger partial charge in [-0.2, -0.15) is 0 Å². The number of carbonyl (C=O) groups is 2. The van der Waals surface area contributed by atoms with E-state index in [0.717, 1.165) is 11.6 Å². The van der Waals surface area contributed by atoms with Crippen molar-refractivity contribution in [1.29, 1.82) is 0 Å². The first-order chi connectivity index (χ1) is 14.6. The molecule has 0 amide bonds. The Labute approximate surface area is 191 Å². The Bertz CT molecular complexity index is 1320. The predicted molar refractivity (Wildman–Crippen MR) is 120 cm³/mol. The van der Waals surface area contributed by atoms with Crippen LogP contribution in [0.4, 0.5) is 17.1 Å². The van der Waals surface area contributed by atoms with Crippen molar-refractivity contribution in [3.8, 4) is 11.5 Å². The number of aromatic hydroxyl groups is 2. The van der Waals surface area contributed by atoms with Crippen LogP contribution in [0.5, 0.6) is 11.5 Å². The Morgan fingerprint density at radius 2 is 1.39 bits per heavy atom. The molecule has 1 aliphatic carbocycles. The number of benzene rings is 3. The van der Waals surface area contributed by atoms with E-state index >= 15 is 0 Å². The molecule has 3 N–H and O–H groups in total. The number of nitrogens with zero attached hydrogens (tertiary/aromatic N) is 1. The van der Waals surface area contributed by atoms with Crippen molar-refractivity contribution in [2.45, 2.75) is 6.92 Å². The molecule has 0 aromatic heterocycles. The number of aryl methyl sites for hydroxylation is 1. The molecule has 3 aromatic carbocycles. The van der Waals surface area contributed by atoms with Crippen molar-refractivity contribution in [2.24, 2.45) is 0 Å². The van der Waals surface area contributed by atoms with E-state index in [0.29, 0.717) is 5.69 Å². The number of rotatable bonds is 3. The van der Waals surface area contributed by atoms with Crippen LogP contribution in [0.1, 0.15) is 37.4 Å². The standard InChI is InChI=1S/C21H12Br2N2O6/c1-8-2-4-9(5-3-8)24-12-6-10(22)18(26)16-14(12)20(28)15-13(25(30)31)7-11(23)19(27)17(15)21(16)29/h2-7,24,26-27H,1H3. The number of nitro benzene ring substituents is 1. The quantitative estimate of drug-likeness (QED) is 0.179. The van der Waals surface area contributed by atoms with Crippen LogP contribution in [0, 0.1) is 17.0 Å². The maximum Gasteiger partial charge on any atom is 0.282 e. The number of halogens is 2. The summed E-state index contributed by atoms with van der Waals surface area (Å²) in [6.45, 7) is 1.91. The lowest BCUT2D eigenvalue weighted by Crippen LogP contribution is -2.24. The Kier molecular flexibility index (Phi) is 5.06. The van der Waals surface area contributed by atoms with Crippen LogP contribution >= 0.6 is 31.9 Å². The minimum Gasteiger partial charge on any atom is -0.506 e. The zero-order chi connectivity index (χ0) is 22.6. The van der Waals surface area contributed by atoms with E-state index in [4.69, 9.17) is 0 Å². The maximum absolute atomic E-state index is 13.4. The zero-order valence-electron chi connectivity index (χ0n) is 15.7. The lowest BCUT2D eigenvalue weighted by Gasteiger charge is -2.23. The first-order valence-corrected chi connectivity index (χ1v) is 10.4. The first-order valence-electron chi connectivity index (χ1n) is 8.80. The topological polar surface area (TPSA) is 130 Å². The summed E-state index contributed by atoms with van der Waals surface area (Å²) < 4.78 is 0.0180. The number of carbonyl (C=O) groups excluding carboxylic acids is 2. The van der Waals surface area contributed by atoms with Gasteiger partial charge in [0.15, 0.2) is 0 Å². The largest absolute Gasteiger partial charge is 0.506 e. The number of nitro groups is 1. The van der Waals surface area contributed by atoms with E-state index < -0.39 is 44.8 Å². The lowest BCUT2D eigenvalue weighted by molar-refractivity contribution is -0.385. The summed E-state index contributed by atoms with van der Waals surface area (Å²) in [5, 5.41) is 35.6. The summed E-state index contributed by atoms with van der Waals surface area (Å²) >= 11 is 6.15. The number of phenols is 2. The highest BCUT2D eigenvalue weighted by Gasteiger charge is 2.42. The van der Waals surface area contributed by atoms with Crippen LogP contribution in [0.3, 0.4) is 0 Å². The van der Waals surface area contributed by atoms with Crippen LogP contribution in [0.25, 0.3) is 0 Å². The molecule has 0 spiro atoms. The number of hydrogen-bond acceptors (Lipinski definition) is 7. The molecular formula is C21H12Br2N2O6. The highest BCUT2D eigenvalue weighted by molar-refractivity contribution is 9.11. The highest BCUT2D eigenvalue weighted by Crippen LogP contribution is 2.47. The number of nitrogens with one attached hydrogen (secondary N) is 1. The highest BCUT2D eigenvalue weighted by atomic mass is 79.9. The smallest absolute Gasteiger partial charge is 0.282 e. The Morgan fingerprint density at radius 3 is 1.97 bits per heavy atom. The second-order valence-corrected chi connectivity index (χ2v) is 8.60. The molecule has 0 saturated carbocycles. The summed E-state index contributed by atoms with van der Waals surface area (Å²) in [6, 6.07) is 9.58. The van der Waals surface area contributed by atoms with Gasteiger partial charge in [-0.1, -0.05) is 17.7 Å². The molecule has 10 heteroatoms. The van der Waals surface area contributed by atoms with Crippen LogP contribution in [-0.2, 0) is 0 Å². The molecule has 4 rings (SSSR count). The minimum absolute atomic E-state index is 0.116. The lowest BCUT2D eigenvalue weighted by atomic mass is 9.81. The predicted octanol–water partition coefficient (Wildman–Crippen LogP) is 5.36. The fraction of sp³-hybridized carbons (Fsp3) is 0.0476. The van der Waals surface area contributed by atoms with E-state index in [1.807, 2.05) is 19.1 Å². The summed E-state index contributed by atoms with van der Waals surface area (Å²) in [4.78, 5) is 37.5. The van der Waals surface area contributed by atoms with Gasteiger partial charge in [-0.3, -0.25) is 19.7 Å². The van der Waals surface area contributed by atoms with Gasteiger partial charge in [0.2, 0.25) is 11.6 Å². The molecule has 0 fully saturated rings. The number of phenolic OH excluding ortho intramolecular Hbond substituents is 2. The fourth-order valence-corrected chi connectivity index (χ4v) is 4.30. The van der Waals surface area contributed by atoms with E-state index in [-0.39, 0.29) is 25.8 Å². The molecule has 0 heterocycles. The summed E-state index contributed by atoms with van der Waals surface area (Å²) in [7, 11) is 0. The summed E-state index contributed by atoms with van der Waals surface area (Å²) in [6.07, 6.45) is 0. The minimum atomic E-state index is -0.905. The van der Waals surface area contributed by atoms with Crippen LogP contribution in [0.2, 0.25) is 0 Å². The molecule has 0 aliphatic heterocycles. The molecule has 0 unspecified atom stereocenters. The van der Waals surface area contributed by atoms with E-state index in [1.165, 1.54) is 6.07 Å². The van der Waals surface area contributed by atoms with Gasteiger partial charge in [-0.25, -0.2) is 0 Å². The molecule has 1 aliphatic rings. The first kappa shape index (κ1) is 21.0. The average molecular weight is 548 g/mol. The van der Waals surface area contributed by atoms with Gasteiger partial charge < -0.3 is 15.5 Å². The van der Waals surface area contributed by atoms with Crippen LogP contribution in [0.15, 0.2) is 45.3 Å². The maximum atomic E-state index is 13.4. The molecule has 31 heavy (non-hydrogen) atoms. The third kappa shape index (κ3) is 3.28. The van der Waals surface area contributed by atoms with E-state index in [9.17, 15) is 29.9 Å². The van der Waals surface area contributed by atoms with Gasteiger partial charge in [0, 0.05) is 11.8 Å². The van der Waals surface area contributed by atoms with Crippen LogP contribution in [-0.4, -0.2) is 26.7 Å². The molecular weight excluding hydrogens is 536 g/mol. The van der Waals surface area contributed by atoms with Crippen molar-refractivity contribution in [2.75, 3.05) is 5.32 Å². The third-order valence-electron chi connectivity index (χ3n) is 4.92. The SMILES string of the molecule is Cc1ccc(Nc2cc(Br)c(O)c3c2C(=O)c2c([N+](=O)[O-])cc(Br)c(O)c2C3=O)cc1. The Morgan fingerprint density at radius 1 is 0.871 bits per heavy atom. The second-order valence-electron chi connectivity index (χ2n) is 6.89.